The Morgan fingerprint density at radius 1 is 1.00 bits per heavy atom. The summed E-state index contributed by atoms with van der Waals surface area (Å²) in [5.41, 5.74) is 0.189. The minimum atomic E-state index is -4.54. The number of methoxy groups -OCH3 is 1. The highest BCUT2D eigenvalue weighted by molar-refractivity contribution is 5.96. The monoisotopic (exact) mass is 547 g/mol. The number of ether oxygens (including phenoxy) is 2. The zero-order valence-electron chi connectivity index (χ0n) is 21.6. The lowest BCUT2D eigenvalue weighted by atomic mass is 9.80. The summed E-state index contributed by atoms with van der Waals surface area (Å²) < 4.78 is 48.5. The molecule has 2 amide bonds. The van der Waals surface area contributed by atoms with Crippen molar-refractivity contribution in [3.05, 3.63) is 65.2 Å². The van der Waals surface area contributed by atoms with E-state index in [9.17, 15) is 27.6 Å². The lowest BCUT2D eigenvalue weighted by molar-refractivity contribution is -0.143. The number of carbonyl (C=O) groups excluding carboxylic acids is 3. The molecule has 1 aliphatic heterocycles. The highest BCUT2D eigenvalue weighted by Crippen LogP contribution is 2.36. The van der Waals surface area contributed by atoms with Crippen molar-refractivity contribution in [1.29, 1.82) is 0 Å². The van der Waals surface area contributed by atoms with E-state index < -0.39 is 23.6 Å². The summed E-state index contributed by atoms with van der Waals surface area (Å²) in [6.07, 6.45) is -0.320. The number of carbonyl (C=O) groups is 3. The van der Waals surface area contributed by atoms with Gasteiger partial charge in [-0.2, -0.15) is 13.2 Å². The van der Waals surface area contributed by atoms with Crippen LogP contribution in [0.1, 0.15) is 53.1 Å². The van der Waals surface area contributed by atoms with Crippen molar-refractivity contribution in [1.82, 2.24) is 15.5 Å². The fourth-order valence-corrected chi connectivity index (χ4v) is 5.09. The number of halogens is 3. The number of nitrogens with zero attached hydrogens (tertiary/aromatic N) is 1. The summed E-state index contributed by atoms with van der Waals surface area (Å²) in [4.78, 5) is 38.0. The second-order valence-electron chi connectivity index (χ2n) is 9.92. The number of alkyl halides is 3. The van der Waals surface area contributed by atoms with E-state index in [1.807, 2.05) is 24.3 Å². The maximum absolute atomic E-state index is 12.8. The van der Waals surface area contributed by atoms with Crippen LogP contribution in [0.4, 0.5) is 13.2 Å². The quantitative estimate of drug-likeness (QED) is 0.467. The zero-order chi connectivity index (χ0) is 28.0. The van der Waals surface area contributed by atoms with Crippen molar-refractivity contribution < 1.29 is 37.0 Å². The lowest BCUT2D eigenvalue weighted by Crippen LogP contribution is -2.63. The summed E-state index contributed by atoms with van der Waals surface area (Å²) in [7, 11) is 1.32. The Hall–Kier alpha value is -3.60. The third-order valence-electron chi connectivity index (χ3n) is 7.29. The molecule has 1 aliphatic carbocycles. The van der Waals surface area contributed by atoms with Gasteiger partial charge in [-0.1, -0.05) is 18.2 Å². The summed E-state index contributed by atoms with van der Waals surface area (Å²) in [6, 6.07) is 12.4. The minimum absolute atomic E-state index is 0.0155. The molecule has 0 unspecified atom stereocenters. The van der Waals surface area contributed by atoms with Gasteiger partial charge in [-0.15, -0.1) is 0 Å². The molecule has 1 saturated heterocycles. The average Bonchev–Trinajstić information content (AvgIpc) is 2.92. The van der Waals surface area contributed by atoms with E-state index in [4.69, 9.17) is 4.74 Å². The number of likely N-dealkylation sites (tertiary alicyclic amines) is 1. The van der Waals surface area contributed by atoms with Gasteiger partial charge >= 0.3 is 12.1 Å². The predicted octanol–water partition coefficient (Wildman–Crippen LogP) is 3.51. The number of hydrogen-bond acceptors (Lipinski definition) is 6. The highest BCUT2D eigenvalue weighted by Gasteiger charge is 2.35. The van der Waals surface area contributed by atoms with Gasteiger partial charge in [0, 0.05) is 24.7 Å². The van der Waals surface area contributed by atoms with E-state index in [-0.39, 0.29) is 30.7 Å². The van der Waals surface area contributed by atoms with E-state index in [0.717, 1.165) is 57.0 Å². The molecule has 39 heavy (non-hydrogen) atoms. The van der Waals surface area contributed by atoms with Crippen LogP contribution < -0.4 is 15.4 Å². The number of benzene rings is 2. The summed E-state index contributed by atoms with van der Waals surface area (Å²) in [5.74, 6) is -0.435. The van der Waals surface area contributed by atoms with Gasteiger partial charge < -0.3 is 20.1 Å². The lowest BCUT2D eigenvalue weighted by Gasteiger charge is -2.46. The van der Waals surface area contributed by atoms with Gasteiger partial charge in [-0.3, -0.25) is 14.5 Å². The van der Waals surface area contributed by atoms with Crippen LogP contribution in [0.2, 0.25) is 0 Å². The molecule has 2 aromatic carbocycles. The molecule has 2 N–H and O–H groups in total. The van der Waals surface area contributed by atoms with Gasteiger partial charge in [0.2, 0.25) is 5.91 Å². The fraction of sp³-hybridized carbons (Fsp3) is 0.464. The molecular weight excluding hydrogens is 515 g/mol. The number of hydrogen-bond donors (Lipinski definition) is 2. The van der Waals surface area contributed by atoms with Crippen molar-refractivity contribution in [3.63, 3.8) is 0 Å². The van der Waals surface area contributed by atoms with Crippen molar-refractivity contribution >= 4 is 17.8 Å². The Balaban J connectivity index is 1.13. The van der Waals surface area contributed by atoms with Gasteiger partial charge in [0.25, 0.3) is 5.91 Å². The van der Waals surface area contributed by atoms with E-state index in [1.165, 1.54) is 18.7 Å². The Labute approximate surface area is 224 Å². The van der Waals surface area contributed by atoms with Crippen LogP contribution in [0, 0.1) is 0 Å². The van der Waals surface area contributed by atoms with Crippen LogP contribution in [0.15, 0.2) is 48.5 Å². The molecule has 0 spiro atoms. The molecule has 1 saturated carbocycles. The molecule has 2 aliphatic rings. The maximum atomic E-state index is 12.8. The first kappa shape index (κ1) is 28.4. The highest BCUT2D eigenvalue weighted by atomic mass is 19.4. The van der Waals surface area contributed by atoms with E-state index >= 15 is 0 Å². The van der Waals surface area contributed by atoms with E-state index in [1.54, 1.807) is 0 Å². The van der Waals surface area contributed by atoms with Crippen LogP contribution in [0.25, 0.3) is 0 Å². The third kappa shape index (κ3) is 7.72. The second kappa shape index (κ2) is 12.5. The number of amides is 2. The van der Waals surface area contributed by atoms with Crippen LogP contribution in [0.3, 0.4) is 0 Å². The first-order chi connectivity index (χ1) is 18.6. The van der Waals surface area contributed by atoms with Gasteiger partial charge in [0.1, 0.15) is 5.75 Å². The molecule has 2 fully saturated rings. The van der Waals surface area contributed by atoms with E-state index in [0.29, 0.717) is 17.7 Å². The summed E-state index contributed by atoms with van der Waals surface area (Å²) >= 11 is 0. The van der Waals surface area contributed by atoms with Gasteiger partial charge in [0.05, 0.1) is 25.3 Å². The van der Waals surface area contributed by atoms with Crippen molar-refractivity contribution in [2.24, 2.45) is 0 Å². The van der Waals surface area contributed by atoms with Crippen molar-refractivity contribution in [2.45, 2.75) is 49.9 Å². The van der Waals surface area contributed by atoms with Crippen LogP contribution >= 0.6 is 0 Å². The SMILES string of the molecule is COC(=O)COc1ccc([C@H]2CC[C@@H](N3CC(NC(=O)CNC(=O)c4cccc(C(F)(F)F)c4)C3)CC2)cc1. The molecule has 0 radical (unpaired) electrons. The van der Waals surface area contributed by atoms with Crippen molar-refractivity contribution in [2.75, 3.05) is 33.4 Å². The van der Waals surface area contributed by atoms with Crippen LogP contribution in [-0.2, 0) is 20.5 Å². The molecule has 11 heteroatoms. The topological polar surface area (TPSA) is 97.0 Å². The average molecular weight is 548 g/mol. The molecule has 0 aromatic heterocycles. The first-order valence-electron chi connectivity index (χ1n) is 12.9. The molecule has 8 nitrogen and oxygen atoms in total. The second-order valence-corrected chi connectivity index (χ2v) is 9.92. The molecule has 2 aromatic rings. The first-order valence-corrected chi connectivity index (χ1v) is 12.9. The van der Waals surface area contributed by atoms with E-state index in [2.05, 4.69) is 20.3 Å². The molecule has 1 heterocycles. The largest absolute Gasteiger partial charge is 0.482 e. The Morgan fingerprint density at radius 3 is 2.33 bits per heavy atom. The zero-order valence-corrected chi connectivity index (χ0v) is 21.6. The molecule has 0 bridgehead atoms. The van der Waals surface area contributed by atoms with Gasteiger partial charge in [-0.25, -0.2) is 4.79 Å². The fourth-order valence-electron chi connectivity index (χ4n) is 5.09. The van der Waals surface area contributed by atoms with Gasteiger partial charge in [-0.05, 0) is 67.5 Å². The third-order valence-corrected chi connectivity index (χ3v) is 7.29. The van der Waals surface area contributed by atoms with Crippen LogP contribution in [-0.4, -0.2) is 68.1 Å². The minimum Gasteiger partial charge on any atom is -0.482 e. The maximum Gasteiger partial charge on any atom is 0.416 e. The number of esters is 1. The normalized spacial score (nSPS) is 20.0. The molecule has 210 valence electrons. The summed E-state index contributed by atoms with van der Waals surface area (Å²) in [5, 5.41) is 5.26. The molecular formula is C28H32F3N3O5. The molecule has 4 rings (SSSR count). The Bertz CT molecular complexity index is 1160. The predicted molar refractivity (Wildman–Crippen MR) is 136 cm³/mol. The van der Waals surface area contributed by atoms with Crippen LogP contribution in [0.5, 0.6) is 5.75 Å². The number of rotatable bonds is 9. The Kier molecular flexibility index (Phi) is 9.11. The smallest absolute Gasteiger partial charge is 0.416 e. The standard InChI is InChI=1S/C28H32F3N3O5/c1-38-26(36)17-39-24-11-7-19(8-12-24)18-5-9-23(10-6-18)34-15-22(16-34)33-25(35)14-32-27(37)20-3-2-4-21(13-20)28(29,30)31/h2-4,7-8,11-13,18,22-23H,5-6,9-10,14-17H2,1H3,(H,32,37)(H,33,35)/t18-,23+. The Morgan fingerprint density at radius 2 is 1.69 bits per heavy atom. The van der Waals surface area contributed by atoms with Gasteiger partial charge in [0.15, 0.2) is 6.61 Å². The number of nitrogens with one attached hydrogen (secondary N) is 2. The summed E-state index contributed by atoms with van der Waals surface area (Å²) in [6.45, 7) is 1.04. The molecule has 0 atom stereocenters. The van der Waals surface area contributed by atoms with Crippen molar-refractivity contribution in [3.8, 4) is 5.75 Å².